The van der Waals surface area contributed by atoms with Crippen LogP contribution in [0.2, 0.25) is 0 Å². The number of benzene rings is 1. The average Bonchev–Trinajstić information content (AvgIpc) is 3.14. The number of nitrogens with one attached hydrogen (secondary N) is 1. The first-order chi connectivity index (χ1) is 12.8. The summed E-state index contributed by atoms with van der Waals surface area (Å²) in [5.74, 6) is 1.18. The van der Waals surface area contributed by atoms with Crippen LogP contribution < -0.4 is 4.74 Å². The number of para-hydroxylation sites is 1. The number of hydrogen-bond donors (Lipinski definition) is 1. The number of nitrogens with zero attached hydrogens (tertiary/aromatic N) is 2. The molecule has 6 heteroatoms. The van der Waals surface area contributed by atoms with Crippen molar-refractivity contribution in [3.05, 3.63) is 53.9 Å². The summed E-state index contributed by atoms with van der Waals surface area (Å²) in [4.78, 5) is 22.5. The van der Waals surface area contributed by atoms with Gasteiger partial charge in [-0.3, -0.25) is 4.79 Å². The number of pyridine rings is 1. The summed E-state index contributed by atoms with van der Waals surface area (Å²) in [6.07, 6.45) is 4.38. The van der Waals surface area contributed by atoms with Gasteiger partial charge in [-0.25, -0.2) is 4.98 Å². The van der Waals surface area contributed by atoms with E-state index in [0.717, 1.165) is 22.9 Å². The van der Waals surface area contributed by atoms with E-state index in [1.807, 2.05) is 41.4 Å². The predicted octanol–water partition coefficient (Wildman–Crippen LogP) is 3.39. The Labute approximate surface area is 151 Å². The summed E-state index contributed by atoms with van der Waals surface area (Å²) in [6.45, 7) is 4.43. The van der Waals surface area contributed by atoms with Crippen molar-refractivity contribution in [3.63, 3.8) is 0 Å². The monoisotopic (exact) mass is 351 g/mol. The first-order valence-corrected chi connectivity index (χ1v) is 8.86. The molecule has 1 saturated heterocycles. The van der Waals surface area contributed by atoms with Gasteiger partial charge in [-0.1, -0.05) is 25.1 Å². The van der Waals surface area contributed by atoms with Crippen LogP contribution in [0.15, 0.2) is 42.7 Å². The summed E-state index contributed by atoms with van der Waals surface area (Å²) in [5, 5.41) is 0.893. The molecule has 3 aromatic rings. The number of morpholine rings is 1. The highest BCUT2D eigenvalue weighted by atomic mass is 16.5. The van der Waals surface area contributed by atoms with E-state index in [9.17, 15) is 4.79 Å². The second-order valence-electron chi connectivity index (χ2n) is 6.21. The molecule has 134 valence electrons. The third-order valence-electron chi connectivity index (χ3n) is 4.62. The van der Waals surface area contributed by atoms with Gasteiger partial charge in [0.2, 0.25) is 5.88 Å². The number of carbonyl (C=O) groups excluding carboxylic acids is 1. The zero-order chi connectivity index (χ0) is 17.9. The van der Waals surface area contributed by atoms with E-state index in [4.69, 9.17) is 9.47 Å². The maximum Gasteiger partial charge on any atom is 0.256 e. The second kappa shape index (κ2) is 7.17. The fourth-order valence-electron chi connectivity index (χ4n) is 3.25. The summed E-state index contributed by atoms with van der Waals surface area (Å²) in [5.41, 5.74) is 2.45. The van der Waals surface area contributed by atoms with E-state index in [2.05, 4.69) is 16.9 Å². The van der Waals surface area contributed by atoms with E-state index in [0.29, 0.717) is 43.5 Å². The molecule has 6 nitrogen and oxygen atoms in total. The molecule has 0 unspecified atom stereocenters. The van der Waals surface area contributed by atoms with Gasteiger partial charge in [0.1, 0.15) is 11.3 Å². The molecule has 1 aliphatic heterocycles. The van der Waals surface area contributed by atoms with Gasteiger partial charge in [0.15, 0.2) is 0 Å². The zero-order valence-electron chi connectivity index (χ0n) is 14.7. The van der Waals surface area contributed by atoms with Crippen molar-refractivity contribution in [3.8, 4) is 11.6 Å². The number of H-pyrrole nitrogens is 1. The second-order valence-corrected chi connectivity index (χ2v) is 6.21. The predicted molar refractivity (Wildman–Crippen MR) is 98.7 cm³/mol. The standard InChI is InChI=1S/C20H21N3O3/c1-2-14-12-21-18-17(14)16(20(24)23-8-10-25-11-9-23)13-22-19(18)26-15-6-4-3-5-7-15/h3-7,12-13,21H,2,8-11H2,1H3. The summed E-state index contributed by atoms with van der Waals surface area (Å²) in [6, 6.07) is 9.52. The Morgan fingerprint density at radius 2 is 2.04 bits per heavy atom. The Balaban J connectivity index is 1.76. The van der Waals surface area contributed by atoms with Crippen LogP contribution >= 0.6 is 0 Å². The third-order valence-corrected chi connectivity index (χ3v) is 4.62. The molecule has 0 radical (unpaired) electrons. The number of ether oxygens (including phenoxy) is 2. The number of hydrogen-bond acceptors (Lipinski definition) is 4. The van der Waals surface area contributed by atoms with Crippen LogP contribution in [0.5, 0.6) is 11.6 Å². The van der Waals surface area contributed by atoms with E-state index >= 15 is 0 Å². The Morgan fingerprint density at radius 3 is 2.77 bits per heavy atom. The first kappa shape index (κ1) is 16.6. The molecular formula is C20H21N3O3. The molecule has 3 heterocycles. The quantitative estimate of drug-likeness (QED) is 0.782. The molecule has 0 atom stereocenters. The molecule has 1 fully saturated rings. The Hall–Kier alpha value is -2.86. The topological polar surface area (TPSA) is 67.5 Å². The molecule has 0 bridgehead atoms. The minimum atomic E-state index is -0.00800. The minimum Gasteiger partial charge on any atom is -0.437 e. The van der Waals surface area contributed by atoms with Gasteiger partial charge < -0.3 is 19.4 Å². The van der Waals surface area contributed by atoms with E-state index in [1.165, 1.54) is 0 Å². The maximum atomic E-state index is 13.0. The fourth-order valence-corrected chi connectivity index (χ4v) is 3.25. The van der Waals surface area contributed by atoms with Crippen molar-refractivity contribution in [1.29, 1.82) is 0 Å². The molecule has 0 aliphatic carbocycles. The molecule has 1 aliphatic rings. The van der Waals surface area contributed by atoms with Gasteiger partial charge in [0, 0.05) is 30.9 Å². The van der Waals surface area contributed by atoms with Crippen LogP contribution in [0.25, 0.3) is 10.9 Å². The van der Waals surface area contributed by atoms with Gasteiger partial charge in [-0.15, -0.1) is 0 Å². The highest BCUT2D eigenvalue weighted by Gasteiger charge is 2.24. The number of aromatic amines is 1. The lowest BCUT2D eigenvalue weighted by Gasteiger charge is -2.27. The molecule has 0 saturated carbocycles. The molecular weight excluding hydrogens is 330 g/mol. The van der Waals surface area contributed by atoms with Crippen LogP contribution in [0, 0.1) is 0 Å². The van der Waals surface area contributed by atoms with Crippen molar-refractivity contribution in [2.45, 2.75) is 13.3 Å². The summed E-state index contributed by atoms with van der Waals surface area (Å²) >= 11 is 0. The Kier molecular flexibility index (Phi) is 4.58. The van der Waals surface area contributed by atoms with Crippen LogP contribution in [0.1, 0.15) is 22.8 Å². The number of fused-ring (bicyclic) bond motifs is 1. The number of aromatic nitrogens is 2. The van der Waals surface area contributed by atoms with Crippen LogP contribution in [0.4, 0.5) is 0 Å². The molecule has 2 aromatic heterocycles. The number of rotatable bonds is 4. The Bertz CT molecular complexity index is 915. The lowest BCUT2D eigenvalue weighted by Crippen LogP contribution is -2.40. The molecule has 1 amide bonds. The van der Waals surface area contributed by atoms with Gasteiger partial charge >= 0.3 is 0 Å². The molecule has 1 N–H and O–H groups in total. The average molecular weight is 351 g/mol. The minimum absolute atomic E-state index is 0.00800. The van der Waals surface area contributed by atoms with Crippen LogP contribution in [0.3, 0.4) is 0 Å². The largest absolute Gasteiger partial charge is 0.437 e. The van der Waals surface area contributed by atoms with Crippen molar-refractivity contribution >= 4 is 16.8 Å². The highest BCUT2D eigenvalue weighted by Crippen LogP contribution is 2.32. The van der Waals surface area contributed by atoms with E-state index in [1.54, 1.807) is 6.20 Å². The summed E-state index contributed by atoms with van der Waals surface area (Å²) < 4.78 is 11.3. The van der Waals surface area contributed by atoms with Crippen molar-refractivity contribution in [2.24, 2.45) is 0 Å². The van der Waals surface area contributed by atoms with Crippen LogP contribution in [-0.4, -0.2) is 47.1 Å². The van der Waals surface area contributed by atoms with Crippen molar-refractivity contribution < 1.29 is 14.3 Å². The zero-order valence-corrected chi connectivity index (χ0v) is 14.7. The summed E-state index contributed by atoms with van der Waals surface area (Å²) in [7, 11) is 0. The molecule has 4 rings (SSSR count). The lowest BCUT2D eigenvalue weighted by molar-refractivity contribution is 0.0304. The van der Waals surface area contributed by atoms with Crippen LogP contribution in [-0.2, 0) is 11.2 Å². The normalized spacial score (nSPS) is 14.6. The van der Waals surface area contributed by atoms with Gasteiger partial charge in [0.05, 0.1) is 18.8 Å². The number of carbonyl (C=O) groups is 1. The third kappa shape index (κ3) is 3.04. The molecule has 1 aromatic carbocycles. The smallest absolute Gasteiger partial charge is 0.256 e. The van der Waals surface area contributed by atoms with Gasteiger partial charge in [-0.05, 0) is 24.1 Å². The van der Waals surface area contributed by atoms with Crippen molar-refractivity contribution in [2.75, 3.05) is 26.3 Å². The molecule has 26 heavy (non-hydrogen) atoms. The van der Waals surface area contributed by atoms with Crippen molar-refractivity contribution in [1.82, 2.24) is 14.9 Å². The number of amides is 1. The maximum absolute atomic E-state index is 13.0. The van der Waals surface area contributed by atoms with Gasteiger partial charge in [0.25, 0.3) is 5.91 Å². The SMILES string of the molecule is CCc1c[nH]c2c(Oc3ccccc3)ncc(C(=O)N3CCOCC3)c12. The lowest BCUT2D eigenvalue weighted by atomic mass is 10.1. The van der Waals surface area contributed by atoms with E-state index in [-0.39, 0.29) is 5.91 Å². The fraction of sp³-hybridized carbons (Fsp3) is 0.300. The number of aryl methyl sites for hydroxylation is 1. The highest BCUT2D eigenvalue weighted by molar-refractivity contribution is 6.08. The molecule has 0 spiro atoms. The first-order valence-electron chi connectivity index (χ1n) is 8.86. The van der Waals surface area contributed by atoms with E-state index < -0.39 is 0 Å². The van der Waals surface area contributed by atoms with Gasteiger partial charge in [-0.2, -0.15) is 0 Å². The Morgan fingerprint density at radius 1 is 1.27 bits per heavy atom.